The van der Waals surface area contributed by atoms with Gasteiger partial charge in [0, 0.05) is 197 Å². The number of allylic oxidation sites excluding steroid dienone is 4. The van der Waals surface area contributed by atoms with Crippen molar-refractivity contribution in [2.75, 3.05) is 0 Å². The van der Waals surface area contributed by atoms with Crippen LogP contribution in [0.2, 0.25) is 0 Å². The average molecular weight is 2560 g/mol. The number of hydrogen-bond donors (Lipinski definition) is 4. The first-order chi connectivity index (χ1) is 56.3. The maximum Gasteiger partial charge on any atom is 0.266 e. The van der Waals surface area contributed by atoms with Crippen molar-refractivity contribution in [2.24, 2.45) is 9.98 Å². The fraction of sp³-hybridized carbons (Fsp3) is 0.225. The molecular weight excluding hydrogens is 2460 g/mol. The van der Waals surface area contributed by atoms with Crippen LogP contribution in [0.1, 0.15) is 168 Å². The van der Waals surface area contributed by atoms with Crippen molar-refractivity contribution < 1.29 is 154 Å². The minimum absolute atomic E-state index is 0. The third-order valence-corrected chi connectivity index (χ3v) is 19.0. The molecule has 2 aliphatic carbocycles. The summed E-state index contributed by atoms with van der Waals surface area (Å²) in [6.45, 7) is 29.8. The van der Waals surface area contributed by atoms with Crippen LogP contribution in [0.3, 0.4) is 0 Å². The van der Waals surface area contributed by atoms with Gasteiger partial charge in [-0.25, -0.2) is 8.78 Å². The Morgan fingerprint density at radius 3 is 1.37 bits per heavy atom. The zero-order valence-corrected chi connectivity index (χ0v) is 83.2. The summed E-state index contributed by atoms with van der Waals surface area (Å²) in [5.74, 6) is -3.69. The molecule has 0 atom stereocenters. The van der Waals surface area contributed by atoms with Crippen LogP contribution in [-0.4, -0.2) is 70.1 Å². The van der Waals surface area contributed by atoms with Crippen LogP contribution < -0.4 is 0 Å². The summed E-state index contributed by atoms with van der Waals surface area (Å²) in [5, 5.41) is 43.6. The number of Topliss-reactive ketones (excluding diaryl/α,β-unsaturated/α-hetero) is 2. The second kappa shape index (κ2) is 48.0. The monoisotopic (exact) mass is 2560 g/mol. The first kappa shape index (κ1) is 106. The maximum absolute atomic E-state index is 14.6. The SMILES string of the molecule is CC(=O)C1=C(O)CCCC1=O.CC(=O)C=C(C)O.CC(C)(C)c1cc(C=Nc2ccccc2N=Cc2cc(C(C)(C)C)cc(C(C)(C)C)c2O)c(O)c(C(C)(C)C)c1.FC1(F)c2ccc[c-]c2-c2nccc3cccc1c23.Fc1c[c-]c(-c2ccccn2)cc1.Fc1c[c-]c(-c2ccccn2)cc1.[Ir].[Ir].[Ir].[Ir].[Pt].[c-]1ccccc1-c1nccc2ccccc12. The van der Waals surface area contributed by atoms with E-state index in [4.69, 9.17) is 20.2 Å². The van der Waals surface area contributed by atoms with Crippen molar-refractivity contribution >= 4 is 62.7 Å². The van der Waals surface area contributed by atoms with E-state index in [2.05, 4.69) is 152 Å². The van der Waals surface area contributed by atoms with Gasteiger partial charge in [0.05, 0.1) is 22.7 Å². The van der Waals surface area contributed by atoms with E-state index in [0.717, 1.165) is 61.4 Å². The molecule has 0 aliphatic heterocycles. The van der Waals surface area contributed by atoms with Crippen LogP contribution >= 0.6 is 0 Å². The van der Waals surface area contributed by atoms with E-state index in [1.165, 1.54) is 74.0 Å². The van der Waals surface area contributed by atoms with Gasteiger partial charge in [-0.3, -0.25) is 33.1 Å². The van der Waals surface area contributed by atoms with Gasteiger partial charge in [0.15, 0.2) is 17.3 Å². The number of aliphatic hydroxyl groups is 2. The summed E-state index contributed by atoms with van der Waals surface area (Å²) >= 11 is 0. The summed E-state index contributed by atoms with van der Waals surface area (Å²) in [7, 11) is 0. The summed E-state index contributed by atoms with van der Waals surface area (Å²) in [6, 6.07) is 77.2. The maximum atomic E-state index is 14.6. The van der Waals surface area contributed by atoms with Crippen LogP contribution in [0.4, 0.5) is 28.9 Å². The van der Waals surface area contributed by atoms with Crippen molar-refractivity contribution in [3.05, 3.63) is 347 Å². The fourth-order valence-electron chi connectivity index (χ4n) is 12.8. The smallest absolute Gasteiger partial charge is 0.266 e. The Morgan fingerprint density at radius 1 is 0.476 bits per heavy atom. The standard InChI is InChI=1S/C36H48N2O2.C16H8F2N.C15H10N.2C11H7FN.C8H10O3.C5H8O2.4Ir.Pt/c1-33(2,3)25-17-23(31(39)27(19-25)35(7,8)9)21-37-29-15-13-14-16-30(29)38-22-24-18-26(34(4,5)6)20-28(32(24)40)36(10,11)12;17-16(18)12-6-2-1-5-11(12)15-14-10(8-9-19-15)4-3-7-13(14)16;1-2-7-13(8-3-1)15-14-9-5-4-6-12(14)10-11-16-15;2*12-10-6-4-9(5-7-10)11-3-1-2-8-13-11;1-5(9)8-6(10)3-2-4-7(8)11;1-4(6)3-5(2)7;;;;;/h13-22,39-40H,1-12H3;1-4,6-9H;1-7,9-11H;2*1-4,6-8H;10H,2-4H2,1H3;3,6H,1-2H3;;;;;/q;4*-1;;;;;;;. The van der Waals surface area contributed by atoms with Gasteiger partial charge >= 0.3 is 0 Å². The molecule has 4 N–H and O–H groups in total. The largest absolute Gasteiger partial charge is 0.512 e. The average Bonchev–Trinajstić information content (AvgIpc) is 0.721. The van der Waals surface area contributed by atoms with Crippen molar-refractivity contribution in [1.82, 2.24) is 19.9 Å². The Morgan fingerprint density at radius 2 is 0.944 bits per heavy atom. The Labute approximate surface area is 793 Å². The van der Waals surface area contributed by atoms with Gasteiger partial charge in [0.25, 0.3) is 5.92 Å². The number of alkyl halides is 2. The molecule has 0 unspecified atom stereocenters. The normalized spacial score (nSPS) is 12.4. The molecule has 0 saturated carbocycles. The fourth-order valence-corrected chi connectivity index (χ4v) is 12.8. The Hall–Kier alpha value is -9.86. The van der Waals surface area contributed by atoms with E-state index in [1.807, 2.05) is 128 Å². The molecule has 4 radical (unpaired) electrons. The third-order valence-electron chi connectivity index (χ3n) is 19.0. The molecule has 15 rings (SSSR count). The first-order valence-electron chi connectivity index (χ1n) is 38.8. The van der Waals surface area contributed by atoms with Crippen molar-refractivity contribution in [1.29, 1.82) is 0 Å². The summed E-state index contributed by atoms with van der Waals surface area (Å²) in [6.07, 6.45) is 13.0. The Kier molecular flexibility index (Phi) is 41.2. The molecule has 656 valence electrons. The zero-order valence-electron chi connectivity index (χ0n) is 71.3. The predicted molar refractivity (Wildman–Crippen MR) is 470 cm³/mol. The number of phenols is 2. The minimum Gasteiger partial charge on any atom is -0.512 e. The van der Waals surface area contributed by atoms with Crippen LogP contribution in [0.15, 0.2) is 276 Å². The summed E-state index contributed by atoms with van der Waals surface area (Å²) < 4.78 is 54.3. The number of halogens is 4. The van der Waals surface area contributed by atoms with E-state index in [0.29, 0.717) is 58.4 Å². The van der Waals surface area contributed by atoms with Gasteiger partial charge in [0.1, 0.15) is 17.3 Å². The van der Waals surface area contributed by atoms with Gasteiger partial charge in [-0.15, -0.1) is 125 Å². The molecule has 0 fully saturated rings. The number of rotatable bonds is 9. The number of hydrogen-bond acceptors (Lipinski definition) is 13. The van der Waals surface area contributed by atoms with Crippen LogP contribution in [0.5, 0.6) is 11.5 Å². The van der Waals surface area contributed by atoms with E-state index >= 15 is 0 Å². The van der Waals surface area contributed by atoms with Gasteiger partial charge in [-0.05, 0) is 153 Å². The molecule has 0 saturated heterocycles. The second-order valence-corrected chi connectivity index (χ2v) is 32.5. The Bertz CT molecular complexity index is 5650. The third kappa shape index (κ3) is 29.4. The molecule has 9 aromatic carbocycles. The molecule has 22 heteroatoms. The van der Waals surface area contributed by atoms with Gasteiger partial charge in [-0.2, -0.15) is 0 Å². The zero-order chi connectivity index (χ0) is 86.6. The molecular formula is C102H98F4Ir4N6O7Pt-4. The van der Waals surface area contributed by atoms with Gasteiger partial charge in [-0.1, -0.05) is 180 Å². The molecule has 0 amide bonds. The summed E-state index contributed by atoms with van der Waals surface area (Å²) in [5.41, 5.74) is 12.5. The number of aromatic hydroxyl groups is 2. The number of benzene rings is 9. The molecule has 4 heterocycles. The quantitative estimate of drug-likeness (QED) is 0.0267. The molecule has 0 bridgehead atoms. The molecule has 2 aliphatic rings. The van der Waals surface area contributed by atoms with E-state index in [-0.39, 0.29) is 192 Å². The number of aliphatic hydroxyl groups excluding tert-OH is 2. The topological polar surface area (TPSA) is 208 Å². The van der Waals surface area contributed by atoms with Gasteiger partial charge in [0.2, 0.25) is 0 Å². The van der Waals surface area contributed by atoms with Crippen LogP contribution in [0.25, 0.3) is 66.6 Å². The predicted octanol–water partition coefficient (Wildman–Crippen LogP) is 25.2. The number of nitrogens with zero attached hydrogens (tertiary/aromatic N) is 6. The van der Waals surface area contributed by atoms with Crippen LogP contribution in [0, 0.1) is 35.9 Å². The summed E-state index contributed by atoms with van der Waals surface area (Å²) in [4.78, 5) is 58.3. The Balaban J connectivity index is 0.000000324. The van der Waals surface area contributed by atoms with E-state index in [9.17, 15) is 42.2 Å². The van der Waals surface area contributed by atoms with Crippen molar-refractivity contribution in [3.63, 3.8) is 0 Å². The van der Waals surface area contributed by atoms with E-state index < -0.39 is 5.92 Å². The minimum atomic E-state index is -3.00. The molecule has 13 aromatic rings. The van der Waals surface area contributed by atoms with Crippen molar-refractivity contribution in [2.45, 2.75) is 151 Å². The number of aliphatic imine (C=N–C) groups is 2. The van der Waals surface area contributed by atoms with Crippen LogP contribution in [-0.2, 0) is 143 Å². The second-order valence-electron chi connectivity index (χ2n) is 32.5. The number of para-hydroxylation sites is 2. The number of carbonyl (C=O) groups is 3. The molecule has 124 heavy (non-hydrogen) atoms. The molecule has 4 aromatic heterocycles. The van der Waals surface area contributed by atoms with Crippen molar-refractivity contribution in [3.8, 4) is 56.5 Å². The molecule has 13 nitrogen and oxygen atoms in total. The number of pyridine rings is 4. The van der Waals surface area contributed by atoms with E-state index in [1.54, 1.807) is 67.4 Å². The number of carbonyl (C=O) groups excluding carboxylic acids is 3. The molecule has 0 spiro atoms. The number of ketones is 3. The number of phenolic OH excluding ortho intramolecular Hbond substituents is 2. The van der Waals surface area contributed by atoms with Gasteiger partial charge < -0.3 is 40.4 Å². The number of aromatic nitrogens is 4. The first-order valence-corrected chi connectivity index (χ1v) is 38.8. The number of fused-ring (bicyclic) bond motifs is 3.